The second kappa shape index (κ2) is 12.1. The number of rotatable bonds is 9. The zero-order valence-electron chi connectivity index (χ0n) is 22.0. The molecule has 0 unspecified atom stereocenters. The number of hydrogen-bond acceptors (Lipinski definition) is 7. The summed E-state index contributed by atoms with van der Waals surface area (Å²) in [4.78, 5) is 13.3. The summed E-state index contributed by atoms with van der Waals surface area (Å²) in [5.74, 6) is 0.332. The van der Waals surface area contributed by atoms with Crippen LogP contribution in [0.1, 0.15) is 37.7 Å². The van der Waals surface area contributed by atoms with Gasteiger partial charge in [0.1, 0.15) is 18.5 Å². The highest BCUT2D eigenvalue weighted by molar-refractivity contribution is 6.35. The van der Waals surface area contributed by atoms with Crippen molar-refractivity contribution in [1.82, 2.24) is 19.5 Å². The number of nitrogens with zero attached hydrogens (tertiary/aromatic N) is 4. The van der Waals surface area contributed by atoms with Gasteiger partial charge < -0.3 is 24.1 Å². The maximum absolute atomic E-state index is 6.57. The summed E-state index contributed by atoms with van der Waals surface area (Å²) in [5, 5.41) is 4.53. The standard InChI is InChI=1S/C30H31Cl2N5O3/c31-22-8-11-26(27(32)16-22)30(19-37-15-14-33-20-37)39-18-25(40-30)17-38-24-9-6-21(7-10-24)28-12-13-34-29(36-28)35-23-4-2-1-3-5-23/h6-16,20,23,25H,1-5,17-19H2,(H,34,35,36)/t25-,30-/m1/s1. The van der Waals surface area contributed by atoms with Crippen LogP contribution in [0, 0.1) is 0 Å². The van der Waals surface area contributed by atoms with Gasteiger partial charge in [0.25, 0.3) is 0 Å². The Labute approximate surface area is 243 Å². The molecule has 208 valence electrons. The molecule has 3 heterocycles. The van der Waals surface area contributed by atoms with E-state index in [1.807, 2.05) is 47.2 Å². The lowest BCUT2D eigenvalue weighted by atomic mass is 9.96. The molecule has 2 aliphatic rings. The van der Waals surface area contributed by atoms with Crippen molar-refractivity contribution in [2.45, 2.75) is 56.6 Å². The highest BCUT2D eigenvalue weighted by atomic mass is 35.5. The van der Waals surface area contributed by atoms with Gasteiger partial charge in [-0.1, -0.05) is 48.5 Å². The van der Waals surface area contributed by atoms with Crippen LogP contribution in [0.2, 0.25) is 10.0 Å². The van der Waals surface area contributed by atoms with E-state index in [-0.39, 0.29) is 6.10 Å². The fourth-order valence-corrected chi connectivity index (χ4v) is 5.86. The molecule has 2 aromatic heterocycles. The topological polar surface area (TPSA) is 83.3 Å². The fraction of sp³-hybridized carbons (Fsp3) is 0.367. The van der Waals surface area contributed by atoms with Crippen LogP contribution in [0.15, 0.2) is 73.4 Å². The first kappa shape index (κ1) is 27.0. The second-order valence-electron chi connectivity index (χ2n) is 10.2. The van der Waals surface area contributed by atoms with Crippen LogP contribution in [0.25, 0.3) is 11.3 Å². The zero-order valence-corrected chi connectivity index (χ0v) is 23.5. The molecule has 1 N–H and O–H groups in total. The summed E-state index contributed by atoms with van der Waals surface area (Å²) < 4.78 is 20.7. The SMILES string of the molecule is Clc1ccc([C@]2(Cn3ccnc3)OC[C@@H](COc3ccc(-c4ccnc(NC5CCCCC5)n4)cc3)O2)c(Cl)c1. The van der Waals surface area contributed by atoms with E-state index in [9.17, 15) is 0 Å². The monoisotopic (exact) mass is 579 g/mol. The lowest BCUT2D eigenvalue weighted by Crippen LogP contribution is -2.34. The normalized spacial score (nSPS) is 21.4. The zero-order chi connectivity index (χ0) is 27.4. The van der Waals surface area contributed by atoms with Crippen LogP contribution >= 0.6 is 23.2 Å². The number of ether oxygens (including phenoxy) is 3. The average Bonchev–Trinajstić information content (AvgIpc) is 3.63. The van der Waals surface area contributed by atoms with Crippen LogP contribution in [-0.2, 0) is 21.8 Å². The lowest BCUT2D eigenvalue weighted by molar-refractivity contribution is -0.189. The Bertz CT molecular complexity index is 1410. The Morgan fingerprint density at radius 3 is 2.65 bits per heavy atom. The summed E-state index contributed by atoms with van der Waals surface area (Å²) in [6.07, 6.45) is 13.0. The molecule has 2 aromatic carbocycles. The number of hydrogen-bond donors (Lipinski definition) is 1. The molecule has 0 bridgehead atoms. The molecule has 6 rings (SSSR count). The van der Waals surface area contributed by atoms with Crippen LogP contribution in [0.3, 0.4) is 0 Å². The summed E-state index contributed by atoms with van der Waals surface area (Å²) in [6.45, 7) is 1.05. The number of imidazole rings is 1. The number of aromatic nitrogens is 4. The molecule has 0 amide bonds. The number of nitrogens with one attached hydrogen (secondary N) is 1. The van der Waals surface area contributed by atoms with Crippen molar-refractivity contribution in [3.8, 4) is 17.0 Å². The van der Waals surface area contributed by atoms with Gasteiger partial charge in [0.05, 0.1) is 30.2 Å². The maximum Gasteiger partial charge on any atom is 0.223 e. The molecule has 4 aromatic rings. The Morgan fingerprint density at radius 2 is 1.88 bits per heavy atom. The third-order valence-electron chi connectivity index (χ3n) is 7.33. The molecule has 40 heavy (non-hydrogen) atoms. The highest BCUT2D eigenvalue weighted by Crippen LogP contribution is 2.40. The first-order chi connectivity index (χ1) is 19.6. The fourth-order valence-electron chi connectivity index (χ4n) is 5.30. The summed E-state index contributed by atoms with van der Waals surface area (Å²) in [5.41, 5.74) is 2.58. The quantitative estimate of drug-likeness (QED) is 0.235. The smallest absolute Gasteiger partial charge is 0.223 e. The number of halogens is 2. The van der Waals surface area contributed by atoms with Crippen LogP contribution in [0.5, 0.6) is 5.75 Å². The number of benzene rings is 2. The molecule has 0 radical (unpaired) electrons. The predicted molar refractivity (Wildman–Crippen MR) is 155 cm³/mol. The lowest BCUT2D eigenvalue weighted by Gasteiger charge is -2.30. The molecule has 1 saturated heterocycles. The Morgan fingerprint density at radius 1 is 1.02 bits per heavy atom. The van der Waals surface area contributed by atoms with Gasteiger partial charge in [-0.2, -0.15) is 0 Å². The van der Waals surface area contributed by atoms with Gasteiger partial charge in [0.2, 0.25) is 11.7 Å². The van der Waals surface area contributed by atoms with Crippen molar-refractivity contribution in [3.63, 3.8) is 0 Å². The largest absolute Gasteiger partial charge is 0.491 e. The molecule has 1 saturated carbocycles. The van der Waals surface area contributed by atoms with Gasteiger partial charge in [-0.3, -0.25) is 0 Å². The van der Waals surface area contributed by atoms with E-state index < -0.39 is 5.79 Å². The molecular weight excluding hydrogens is 549 g/mol. The van der Waals surface area contributed by atoms with Crippen molar-refractivity contribution in [3.05, 3.63) is 89.1 Å². The Kier molecular flexibility index (Phi) is 8.20. The van der Waals surface area contributed by atoms with Gasteiger partial charge >= 0.3 is 0 Å². The van der Waals surface area contributed by atoms with Crippen molar-refractivity contribution < 1.29 is 14.2 Å². The first-order valence-electron chi connectivity index (χ1n) is 13.6. The van der Waals surface area contributed by atoms with E-state index in [0.29, 0.717) is 47.4 Å². The average molecular weight is 581 g/mol. The first-order valence-corrected chi connectivity index (χ1v) is 14.4. The molecule has 2 fully saturated rings. The van der Waals surface area contributed by atoms with Crippen LogP contribution in [-0.4, -0.2) is 44.9 Å². The van der Waals surface area contributed by atoms with E-state index in [4.69, 9.17) is 42.4 Å². The Balaban J connectivity index is 1.10. The molecule has 1 aliphatic carbocycles. The molecule has 2 atom stereocenters. The summed E-state index contributed by atoms with van der Waals surface area (Å²) >= 11 is 12.7. The minimum Gasteiger partial charge on any atom is -0.491 e. The van der Waals surface area contributed by atoms with Crippen molar-refractivity contribution in [1.29, 1.82) is 0 Å². The van der Waals surface area contributed by atoms with Gasteiger partial charge in [-0.15, -0.1) is 0 Å². The van der Waals surface area contributed by atoms with Gasteiger partial charge in [-0.25, -0.2) is 15.0 Å². The second-order valence-corrected chi connectivity index (χ2v) is 11.1. The van der Waals surface area contributed by atoms with Crippen molar-refractivity contribution >= 4 is 29.2 Å². The molecule has 10 heteroatoms. The Hall–Kier alpha value is -3.17. The minimum absolute atomic E-state index is 0.301. The maximum atomic E-state index is 6.57. The third-order valence-corrected chi connectivity index (χ3v) is 7.88. The van der Waals surface area contributed by atoms with Gasteiger partial charge in [0, 0.05) is 40.8 Å². The van der Waals surface area contributed by atoms with Crippen LogP contribution < -0.4 is 10.1 Å². The predicted octanol–water partition coefficient (Wildman–Crippen LogP) is 6.74. The minimum atomic E-state index is -1.09. The van der Waals surface area contributed by atoms with Gasteiger partial charge in [-0.05, 0) is 55.3 Å². The van der Waals surface area contributed by atoms with Crippen molar-refractivity contribution in [2.24, 2.45) is 0 Å². The van der Waals surface area contributed by atoms with Crippen LogP contribution in [0.4, 0.5) is 5.95 Å². The van der Waals surface area contributed by atoms with E-state index in [2.05, 4.69) is 15.3 Å². The van der Waals surface area contributed by atoms with Crippen molar-refractivity contribution in [2.75, 3.05) is 18.5 Å². The van der Waals surface area contributed by atoms with E-state index in [1.54, 1.807) is 30.9 Å². The van der Waals surface area contributed by atoms with E-state index in [1.165, 1.54) is 32.1 Å². The molecule has 0 spiro atoms. The molecule has 1 aliphatic heterocycles. The van der Waals surface area contributed by atoms with E-state index >= 15 is 0 Å². The molecular formula is C30H31Cl2N5O3. The number of anilines is 1. The summed E-state index contributed by atoms with van der Waals surface area (Å²) in [7, 11) is 0. The van der Waals surface area contributed by atoms with E-state index in [0.717, 1.165) is 17.0 Å². The molecule has 8 nitrogen and oxygen atoms in total. The summed E-state index contributed by atoms with van der Waals surface area (Å²) in [6, 6.07) is 15.6. The highest BCUT2D eigenvalue weighted by Gasteiger charge is 2.45. The third kappa shape index (κ3) is 6.25. The van der Waals surface area contributed by atoms with Gasteiger partial charge in [0.15, 0.2) is 0 Å².